The van der Waals surface area contributed by atoms with E-state index in [1.165, 1.54) is 22.8 Å². The molecule has 0 aliphatic heterocycles. The fourth-order valence-electron chi connectivity index (χ4n) is 3.19. The Morgan fingerprint density at radius 3 is 2.45 bits per heavy atom. The monoisotopic (exact) mass is 401 g/mol. The van der Waals surface area contributed by atoms with Gasteiger partial charge in [0.15, 0.2) is 11.6 Å². The Morgan fingerprint density at radius 2 is 1.83 bits per heavy atom. The first kappa shape index (κ1) is 20.5. The van der Waals surface area contributed by atoms with E-state index in [9.17, 15) is 23.5 Å². The van der Waals surface area contributed by atoms with Gasteiger partial charge in [-0.05, 0) is 56.2 Å². The van der Waals surface area contributed by atoms with Crippen molar-refractivity contribution in [2.24, 2.45) is 0 Å². The Kier molecular flexibility index (Phi) is 5.68. The normalized spacial score (nSPS) is 12.2. The van der Waals surface area contributed by atoms with Crippen molar-refractivity contribution in [2.75, 3.05) is 0 Å². The van der Waals surface area contributed by atoms with Gasteiger partial charge in [-0.2, -0.15) is 0 Å². The molecule has 0 fully saturated rings. The van der Waals surface area contributed by atoms with Gasteiger partial charge in [0.25, 0.3) is 5.91 Å². The second-order valence-corrected chi connectivity index (χ2v) is 6.92. The van der Waals surface area contributed by atoms with Crippen LogP contribution in [0.3, 0.4) is 0 Å². The molecule has 3 aromatic rings. The lowest BCUT2D eigenvalue weighted by Gasteiger charge is -2.11. The summed E-state index contributed by atoms with van der Waals surface area (Å²) in [5.74, 6) is -2.95. The SMILES string of the molecule is CC[C@@H](C)OC(=O)Cc1c(C)n(C(=O)c2ccc(F)cc2)c2cc(F)c(O)cc12. The third kappa shape index (κ3) is 3.99. The summed E-state index contributed by atoms with van der Waals surface area (Å²) in [5.41, 5.74) is 1.28. The minimum absolute atomic E-state index is 0.137. The van der Waals surface area contributed by atoms with E-state index in [0.717, 1.165) is 18.2 Å². The molecule has 0 saturated carbocycles. The second-order valence-electron chi connectivity index (χ2n) is 6.92. The van der Waals surface area contributed by atoms with E-state index in [2.05, 4.69) is 0 Å². The third-order valence-corrected chi connectivity index (χ3v) is 4.93. The Morgan fingerprint density at radius 1 is 1.17 bits per heavy atom. The van der Waals surface area contributed by atoms with Crippen LogP contribution < -0.4 is 0 Å². The molecule has 3 rings (SSSR count). The van der Waals surface area contributed by atoms with E-state index < -0.39 is 29.3 Å². The number of phenols is 1. The fourth-order valence-corrected chi connectivity index (χ4v) is 3.19. The van der Waals surface area contributed by atoms with Gasteiger partial charge in [-0.25, -0.2) is 8.78 Å². The van der Waals surface area contributed by atoms with Crippen LogP contribution in [0.25, 0.3) is 10.9 Å². The molecule has 0 bridgehead atoms. The van der Waals surface area contributed by atoms with Gasteiger partial charge in [0.2, 0.25) is 0 Å². The van der Waals surface area contributed by atoms with Crippen molar-refractivity contribution in [3.05, 3.63) is 64.9 Å². The zero-order valence-corrected chi connectivity index (χ0v) is 16.3. The van der Waals surface area contributed by atoms with Crippen molar-refractivity contribution in [3.63, 3.8) is 0 Å². The number of hydrogen-bond donors (Lipinski definition) is 1. The Bertz CT molecular complexity index is 1090. The number of carbonyl (C=O) groups is 2. The number of nitrogens with zero attached hydrogens (tertiary/aromatic N) is 1. The maximum absolute atomic E-state index is 14.1. The van der Waals surface area contributed by atoms with E-state index >= 15 is 0 Å². The Labute approximate surface area is 166 Å². The molecule has 0 unspecified atom stereocenters. The highest BCUT2D eigenvalue weighted by Crippen LogP contribution is 2.32. The standard InChI is InChI=1S/C22H21F2NO4/c1-4-12(2)29-21(27)10-16-13(3)25(19-11-18(24)20(26)9-17(16)19)22(28)14-5-7-15(23)8-6-14/h5-9,11-12,26H,4,10H2,1-3H3/t12-/m1/s1. The van der Waals surface area contributed by atoms with E-state index in [1.54, 1.807) is 13.8 Å². The maximum atomic E-state index is 14.1. The number of fused-ring (bicyclic) bond motifs is 1. The van der Waals surface area contributed by atoms with Gasteiger partial charge in [-0.3, -0.25) is 14.2 Å². The summed E-state index contributed by atoms with van der Waals surface area (Å²) < 4.78 is 33.8. The van der Waals surface area contributed by atoms with Crippen LogP contribution in [0.2, 0.25) is 0 Å². The summed E-state index contributed by atoms with van der Waals surface area (Å²) in [6, 6.07) is 7.21. The lowest BCUT2D eigenvalue weighted by atomic mass is 10.1. The number of aromatic hydroxyl groups is 1. The molecule has 152 valence electrons. The molecule has 0 aliphatic carbocycles. The van der Waals surface area contributed by atoms with Crippen LogP contribution in [0.5, 0.6) is 5.75 Å². The number of ether oxygens (including phenoxy) is 1. The summed E-state index contributed by atoms with van der Waals surface area (Å²) in [6.45, 7) is 5.28. The van der Waals surface area contributed by atoms with Crippen LogP contribution in [-0.4, -0.2) is 27.7 Å². The number of phenolic OH excluding ortho intramolecular Hbond substituents is 1. The van der Waals surface area contributed by atoms with Crippen LogP contribution >= 0.6 is 0 Å². The van der Waals surface area contributed by atoms with Crippen molar-refractivity contribution in [3.8, 4) is 5.75 Å². The largest absolute Gasteiger partial charge is 0.505 e. The van der Waals surface area contributed by atoms with Gasteiger partial charge in [0.1, 0.15) is 5.82 Å². The molecule has 1 N–H and O–H groups in total. The summed E-state index contributed by atoms with van der Waals surface area (Å²) in [7, 11) is 0. The minimum Gasteiger partial charge on any atom is -0.505 e. The van der Waals surface area contributed by atoms with Crippen LogP contribution in [-0.2, 0) is 16.0 Å². The highest BCUT2D eigenvalue weighted by molar-refractivity contribution is 6.05. The van der Waals surface area contributed by atoms with Gasteiger partial charge in [-0.1, -0.05) is 6.92 Å². The molecule has 0 saturated heterocycles. The van der Waals surface area contributed by atoms with Crippen LogP contribution in [0.4, 0.5) is 8.78 Å². The number of benzene rings is 2. The highest BCUT2D eigenvalue weighted by Gasteiger charge is 2.24. The zero-order valence-electron chi connectivity index (χ0n) is 16.3. The number of rotatable bonds is 5. The first-order chi connectivity index (χ1) is 13.7. The number of halogens is 2. The average Bonchev–Trinajstić information content (AvgIpc) is 2.93. The number of hydrogen-bond acceptors (Lipinski definition) is 4. The predicted molar refractivity (Wildman–Crippen MR) is 104 cm³/mol. The van der Waals surface area contributed by atoms with Crippen LogP contribution in [0.1, 0.15) is 41.9 Å². The van der Waals surface area contributed by atoms with Crippen LogP contribution in [0.15, 0.2) is 36.4 Å². The van der Waals surface area contributed by atoms with Gasteiger partial charge in [-0.15, -0.1) is 0 Å². The molecular weight excluding hydrogens is 380 g/mol. The van der Waals surface area contributed by atoms with Gasteiger partial charge >= 0.3 is 5.97 Å². The van der Waals surface area contributed by atoms with Gasteiger partial charge in [0.05, 0.1) is 18.0 Å². The number of aromatic nitrogens is 1. The topological polar surface area (TPSA) is 68.5 Å². The summed E-state index contributed by atoms with van der Waals surface area (Å²) >= 11 is 0. The molecule has 7 heteroatoms. The molecule has 1 aromatic heterocycles. The summed E-state index contributed by atoms with van der Waals surface area (Å²) in [6.07, 6.45) is 0.256. The van der Waals surface area contributed by atoms with Crippen LogP contribution in [0, 0.1) is 18.6 Å². The number of carbonyl (C=O) groups excluding carboxylic acids is 2. The molecule has 0 amide bonds. The summed E-state index contributed by atoms with van der Waals surface area (Å²) in [5, 5.41) is 10.2. The third-order valence-electron chi connectivity index (χ3n) is 4.93. The molecule has 0 spiro atoms. The fraction of sp³-hybridized carbons (Fsp3) is 0.273. The maximum Gasteiger partial charge on any atom is 0.310 e. The van der Waals surface area contributed by atoms with E-state index in [0.29, 0.717) is 23.1 Å². The minimum atomic E-state index is -0.892. The average molecular weight is 401 g/mol. The van der Waals surface area contributed by atoms with Crippen molar-refractivity contribution in [1.82, 2.24) is 4.57 Å². The lowest BCUT2D eigenvalue weighted by Crippen LogP contribution is -2.17. The molecule has 1 atom stereocenters. The molecule has 2 aromatic carbocycles. The van der Waals surface area contributed by atoms with Crippen molar-refractivity contribution >= 4 is 22.8 Å². The van der Waals surface area contributed by atoms with Crippen molar-refractivity contribution in [1.29, 1.82) is 0 Å². The zero-order chi connectivity index (χ0) is 21.3. The molecule has 5 nitrogen and oxygen atoms in total. The molecule has 0 radical (unpaired) electrons. The Hall–Kier alpha value is -3.22. The lowest BCUT2D eigenvalue weighted by molar-refractivity contribution is -0.147. The molecule has 1 heterocycles. The first-order valence-corrected chi connectivity index (χ1v) is 9.25. The second kappa shape index (κ2) is 8.03. The van der Waals surface area contributed by atoms with Crippen molar-refractivity contribution in [2.45, 2.75) is 39.7 Å². The van der Waals surface area contributed by atoms with E-state index in [-0.39, 0.29) is 23.6 Å². The predicted octanol–water partition coefficient (Wildman–Crippen LogP) is 4.51. The smallest absolute Gasteiger partial charge is 0.310 e. The van der Waals surface area contributed by atoms with Gasteiger partial charge in [0, 0.05) is 22.7 Å². The quantitative estimate of drug-likeness (QED) is 0.639. The van der Waals surface area contributed by atoms with Crippen molar-refractivity contribution < 1.29 is 28.2 Å². The molecular formula is C22H21F2NO4. The summed E-state index contributed by atoms with van der Waals surface area (Å²) in [4.78, 5) is 25.4. The highest BCUT2D eigenvalue weighted by atomic mass is 19.1. The first-order valence-electron chi connectivity index (χ1n) is 9.25. The van der Waals surface area contributed by atoms with E-state index in [4.69, 9.17) is 4.74 Å². The Balaban J connectivity index is 2.13. The van der Waals surface area contributed by atoms with E-state index in [1.807, 2.05) is 6.92 Å². The van der Waals surface area contributed by atoms with Gasteiger partial charge < -0.3 is 9.84 Å². The molecule has 0 aliphatic rings. The number of esters is 1. The molecule has 29 heavy (non-hydrogen) atoms.